The number of nitrogens with one attached hydrogen (secondary N) is 1. The molecule has 8 heteroatoms. The molecule has 0 aliphatic carbocycles. The SMILES string of the molecule is Cc1ccc(Nc2cc(-c3ccc4cnn(C)c4n3)nc(N3CCOCC3)n2)cc1. The zero-order valence-corrected chi connectivity index (χ0v) is 17.0. The van der Waals surface area contributed by atoms with E-state index in [1.807, 2.05) is 43.6 Å². The highest BCUT2D eigenvalue weighted by molar-refractivity contribution is 5.78. The van der Waals surface area contributed by atoms with Gasteiger partial charge in [-0.15, -0.1) is 0 Å². The van der Waals surface area contributed by atoms with Gasteiger partial charge in [-0.05, 0) is 31.2 Å². The Morgan fingerprint density at radius 3 is 2.53 bits per heavy atom. The molecular formula is C22H23N7O. The largest absolute Gasteiger partial charge is 0.378 e. The van der Waals surface area contributed by atoms with Gasteiger partial charge < -0.3 is 15.0 Å². The third kappa shape index (κ3) is 3.69. The van der Waals surface area contributed by atoms with Crippen molar-refractivity contribution < 1.29 is 4.74 Å². The fraction of sp³-hybridized carbons (Fsp3) is 0.273. The lowest BCUT2D eigenvalue weighted by atomic mass is 10.2. The van der Waals surface area contributed by atoms with Crippen LogP contribution >= 0.6 is 0 Å². The van der Waals surface area contributed by atoms with Crippen molar-refractivity contribution in [2.75, 3.05) is 36.5 Å². The number of hydrogen-bond donors (Lipinski definition) is 1. The highest BCUT2D eigenvalue weighted by Crippen LogP contribution is 2.26. The first-order chi connectivity index (χ1) is 14.7. The average molecular weight is 401 g/mol. The number of rotatable bonds is 4. The van der Waals surface area contributed by atoms with Gasteiger partial charge in [0, 0.05) is 37.3 Å². The second kappa shape index (κ2) is 7.72. The van der Waals surface area contributed by atoms with Gasteiger partial charge in [-0.1, -0.05) is 17.7 Å². The van der Waals surface area contributed by atoms with E-state index in [1.54, 1.807) is 4.68 Å². The highest BCUT2D eigenvalue weighted by Gasteiger charge is 2.17. The van der Waals surface area contributed by atoms with Gasteiger partial charge in [0.1, 0.15) is 5.82 Å². The van der Waals surface area contributed by atoms with Gasteiger partial charge in [0.15, 0.2) is 5.65 Å². The molecule has 5 rings (SSSR count). The zero-order valence-electron chi connectivity index (χ0n) is 17.0. The molecule has 0 spiro atoms. The topological polar surface area (TPSA) is 81.0 Å². The number of ether oxygens (including phenoxy) is 1. The lowest BCUT2D eigenvalue weighted by Gasteiger charge is -2.27. The van der Waals surface area contributed by atoms with Crippen LogP contribution in [0.1, 0.15) is 5.56 Å². The summed E-state index contributed by atoms with van der Waals surface area (Å²) in [7, 11) is 1.89. The van der Waals surface area contributed by atoms with Crippen LogP contribution in [0.4, 0.5) is 17.5 Å². The first-order valence-corrected chi connectivity index (χ1v) is 10.0. The molecule has 0 saturated carbocycles. The maximum Gasteiger partial charge on any atom is 0.228 e. The Morgan fingerprint density at radius 1 is 0.933 bits per heavy atom. The third-order valence-electron chi connectivity index (χ3n) is 5.18. The molecule has 0 radical (unpaired) electrons. The van der Waals surface area contributed by atoms with Gasteiger partial charge in [-0.25, -0.2) is 9.97 Å². The second-order valence-corrected chi connectivity index (χ2v) is 7.41. The molecule has 3 aromatic heterocycles. The van der Waals surface area contributed by atoms with Crippen LogP contribution in [0.3, 0.4) is 0 Å². The number of anilines is 3. The van der Waals surface area contributed by atoms with Gasteiger partial charge in [0.05, 0.1) is 30.8 Å². The first-order valence-electron chi connectivity index (χ1n) is 10.0. The number of morpholine rings is 1. The van der Waals surface area contributed by atoms with Crippen LogP contribution in [-0.4, -0.2) is 51.0 Å². The van der Waals surface area contributed by atoms with E-state index in [2.05, 4.69) is 34.4 Å². The predicted molar refractivity (Wildman–Crippen MR) is 117 cm³/mol. The maximum absolute atomic E-state index is 5.49. The van der Waals surface area contributed by atoms with Crippen LogP contribution in [0.25, 0.3) is 22.4 Å². The van der Waals surface area contributed by atoms with Crippen molar-refractivity contribution in [3.05, 3.63) is 54.2 Å². The van der Waals surface area contributed by atoms with E-state index >= 15 is 0 Å². The van der Waals surface area contributed by atoms with E-state index in [0.717, 1.165) is 47.0 Å². The molecule has 152 valence electrons. The number of hydrogen-bond acceptors (Lipinski definition) is 7. The maximum atomic E-state index is 5.49. The minimum atomic E-state index is 0.674. The van der Waals surface area contributed by atoms with Crippen LogP contribution in [0.5, 0.6) is 0 Å². The Morgan fingerprint density at radius 2 is 1.73 bits per heavy atom. The molecule has 30 heavy (non-hydrogen) atoms. The Hall–Kier alpha value is -3.52. The summed E-state index contributed by atoms with van der Waals surface area (Å²) in [5.74, 6) is 1.41. The summed E-state index contributed by atoms with van der Waals surface area (Å²) in [5.41, 5.74) is 4.58. The molecule has 0 atom stereocenters. The minimum Gasteiger partial charge on any atom is -0.378 e. The van der Waals surface area contributed by atoms with E-state index in [4.69, 9.17) is 19.7 Å². The summed E-state index contributed by atoms with van der Waals surface area (Å²) in [4.78, 5) is 16.5. The monoisotopic (exact) mass is 401 g/mol. The molecule has 1 N–H and O–H groups in total. The van der Waals surface area contributed by atoms with Crippen molar-refractivity contribution in [3.63, 3.8) is 0 Å². The Labute approximate surface area is 174 Å². The molecule has 0 amide bonds. The van der Waals surface area contributed by atoms with Gasteiger partial charge in [-0.3, -0.25) is 4.68 Å². The smallest absolute Gasteiger partial charge is 0.228 e. The Kier molecular flexibility index (Phi) is 4.76. The molecule has 1 aromatic carbocycles. The van der Waals surface area contributed by atoms with Crippen LogP contribution < -0.4 is 10.2 Å². The number of benzene rings is 1. The van der Waals surface area contributed by atoms with Crippen molar-refractivity contribution in [1.29, 1.82) is 0 Å². The van der Waals surface area contributed by atoms with E-state index < -0.39 is 0 Å². The van der Waals surface area contributed by atoms with Crippen molar-refractivity contribution in [2.24, 2.45) is 7.05 Å². The van der Waals surface area contributed by atoms with E-state index in [9.17, 15) is 0 Å². The minimum absolute atomic E-state index is 0.674. The quantitative estimate of drug-likeness (QED) is 0.562. The Bertz CT molecular complexity index is 1180. The molecule has 1 aliphatic heterocycles. The summed E-state index contributed by atoms with van der Waals surface area (Å²) in [5, 5.41) is 8.70. The van der Waals surface area contributed by atoms with Gasteiger partial charge in [0.2, 0.25) is 5.95 Å². The fourth-order valence-electron chi connectivity index (χ4n) is 3.48. The lowest BCUT2D eigenvalue weighted by Crippen LogP contribution is -2.37. The molecule has 1 aliphatic rings. The number of nitrogens with zero attached hydrogens (tertiary/aromatic N) is 6. The molecule has 1 saturated heterocycles. The van der Waals surface area contributed by atoms with Crippen molar-refractivity contribution in [2.45, 2.75) is 6.92 Å². The lowest BCUT2D eigenvalue weighted by molar-refractivity contribution is 0.122. The fourth-order valence-corrected chi connectivity index (χ4v) is 3.48. The molecular weight excluding hydrogens is 378 g/mol. The predicted octanol–water partition coefficient (Wildman–Crippen LogP) is 3.31. The normalized spacial score (nSPS) is 14.3. The van der Waals surface area contributed by atoms with Crippen molar-refractivity contribution in [3.8, 4) is 11.4 Å². The number of fused-ring (bicyclic) bond motifs is 1. The molecule has 4 aromatic rings. The number of aromatic nitrogens is 5. The average Bonchev–Trinajstić information content (AvgIpc) is 3.16. The highest BCUT2D eigenvalue weighted by atomic mass is 16.5. The van der Waals surface area contributed by atoms with Crippen LogP contribution in [0.15, 0.2) is 48.7 Å². The summed E-state index contributed by atoms with van der Waals surface area (Å²) >= 11 is 0. The van der Waals surface area contributed by atoms with E-state index in [-0.39, 0.29) is 0 Å². The van der Waals surface area contributed by atoms with Gasteiger partial charge >= 0.3 is 0 Å². The first kappa shape index (κ1) is 18.5. The van der Waals surface area contributed by atoms with Crippen molar-refractivity contribution >= 4 is 28.5 Å². The standard InChI is InChI=1S/C22H23N7O/c1-15-3-6-17(7-4-15)24-20-13-19(26-22(27-20)29-9-11-30-12-10-29)18-8-5-16-14-23-28(2)21(16)25-18/h3-8,13-14H,9-12H2,1-2H3,(H,24,26,27). The molecule has 8 nitrogen and oxygen atoms in total. The van der Waals surface area contributed by atoms with Crippen LogP contribution in [0, 0.1) is 6.92 Å². The zero-order chi connectivity index (χ0) is 20.5. The van der Waals surface area contributed by atoms with Crippen molar-refractivity contribution in [1.82, 2.24) is 24.7 Å². The second-order valence-electron chi connectivity index (χ2n) is 7.41. The van der Waals surface area contributed by atoms with E-state index in [1.165, 1.54) is 5.56 Å². The number of aryl methyl sites for hydroxylation is 2. The molecule has 0 unspecified atom stereocenters. The third-order valence-corrected chi connectivity index (χ3v) is 5.18. The molecule has 4 heterocycles. The summed E-state index contributed by atoms with van der Waals surface area (Å²) in [6, 6.07) is 14.2. The molecule has 0 bridgehead atoms. The van der Waals surface area contributed by atoms with Crippen LogP contribution in [0.2, 0.25) is 0 Å². The summed E-state index contributed by atoms with van der Waals surface area (Å²) < 4.78 is 7.26. The van der Waals surface area contributed by atoms with E-state index in [0.29, 0.717) is 19.2 Å². The van der Waals surface area contributed by atoms with Crippen LogP contribution in [-0.2, 0) is 11.8 Å². The Balaban J connectivity index is 1.57. The summed E-state index contributed by atoms with van der Waals surface area (Å²) in [6.07, 6.45) is 1.82. The number of pyridine rings is 1. The van der Waals surface area contributed by atoms with Gasteiger partial charge in [0.25, 0.3) is 0 Å². The summed E-state index contributed by atoms with van der Waals surface area (Å²) in [6.45, 7) is 4.95. The van der Waals surface area contributed by atoms with Gasteiger partial charge in [-0.2, -0.15) is 10.1 Å². The molecule has 1 fully saturated rings.